The summed E-state index contributed by atoms with van der Waals surface area (Å²) in [6.07, 6.45) is -10.6. The Morgan fingerprint density at radius 2 is 1.15 bits per heavy atom. The molecule has 0 amide bonds. The summed E-state index contributed by atoms with van der Waals surface area (Å²) in [4.78, 5) is 26.1. The van der Waals surface area contributed by atoms with Crippen molar-refractivity contribution in [3.63, 3.8) is 0 Å². The van der Waals surface area contributed by atoms with Crippen molar-refractivity contribution in [3.05, 3.63) is 97.4 Å². The van der Waals surface area contributed by atoms with Crippen LogP contribution in [0.5, 0.6) is 0 Å². The van der Waals surface area contributed by atoms with Gasteiger partial charge in [0.15, 0.2) is 13.6 Å². The van der Waals surface area contributed by atoms with Crippen molar-refractivity contribution in [2.45, 2.75) is 12.4 Å². The lowest BCUT2D eigenvalue weighted by Gasteiger charge is -2.18. The third kappa shape index (κ3) is 5.16. The Hall–Kier alpha value is -2.36. The number of halogens is 8. The standard InChI is InChI=1S/C22H10Br2F6O3P/c23-14-8-4-9-15(24)18(14)19(31)11-5-1-2-10-16(11)34(33)20(32)17-12(21(25,26)27)6-3-7-13(17)22(28,29)30/h1-10H. The Morgan fingerprint density at radius 1 is 0.676 bits per heavy atom. The van der Waals surface area contributed by atoms with E-state index in [4.69, 9.17) is 0 Å². The topological polar surface area (TPSA) is 51.2 Å². The van der Waals surface area contributed by atoms with Gasteiger partial charge in [0.2, 0.25) is 5.52 Å². The predicted octanol–water partition coefficient (Wildman–Crippen LogP) is 7.77. The molecule has 3 rings (SSSR count). The largest absolute Gasteiger partial charge is 0.417 e. The highest BCUT2D eigenvalue weighted by atomic mass is 79.9. The van der Waals surface area contributed by atoms with Crippen molar-refractivity contribution in [1.82, 2.24) is 0 Å². The van der Waals surface area contributed by atoms with E-state index < -0.39 is 53.5 Å². The number of alkyl halides is 6. The van der Waals surface area contributed by atoms with Crippen LogP contribution in [-0.2, 0) is 16.9 Å². The van der Waals surface area contributed by atoms with Crippen molar-refractivity contribution >= 4 is 56.3 Å². The third-order valence-corrected chi connectivity index (χ3v) is 7.37. The fraction of sp³-hybridized carbons (Fsp3) is 0.0909. The summed E-state index contributed by atoms with van der Waals surface area (Å²) in [5, 5.41) is -0.486. The second-order valence-corrected chi connectivity index (χ2v) is 9.95. The molecule has 34 heavy (non-hydrogen) atoms. The number of ketones is 1. The quantitative estimate of drug-likeness (QED) is 0.165. The molecule has 0 saturated heterocycles. The van der Waals surface area contributed by atoms with Crippen LogP contribution in [0.4, 0.5) is 26.3 Å². The lowest BCUT2D eigenvalue weighted by Crippen LogP contribution is -2.21. The Bertz CT molecular complexity index is 1270. The van der Waals surface area contributed by atoms with E-state index in [1.54, 1.807) is 6.07 Å². The molecule has 1 unspecified atom stereocenters. The van der Waals surface area contributed by atoms with Crippen molar-refractivity contribution in [3.8, 4) is 0 Å². The molecule has 0 spiro atoms. The Morgan fingerprint density at radius 3 is 1.65 bits per heavy atom. The number of hydrogen-bond donors (Lipinski definition) is 0. The molecule has 1 atom stereocenters. The van der Waals surface area contributed by atoms with E-state index in [-0.39, 0.29) is 11.1 Å². The summed E-state index contributed by atoms with van der Waals surface area (Å²) in [6, 6.07) is 10.7. The predicted molar refractivity (Wildman–Crippen MR) is 120 cm³/mol. The summed E-state index contributed by atoms with van der Waals surface area (Å²) in [5.41, 5.74) is -7.62. The maximum Gasteiger partial charge on any atom is 0.417 e. The average Bonchev–Trinajstić information content (AvgIpc) is 2.76. The zero-order chi connectivity index (χ0) is 25.4. The molecule has 3 aromatic carbocycles. The Balaban J connectivity index is 2.19. The summed E-state index contributed by atoms with van der Waals surface area (Å²) >= 11 is 6.39. The van der Waals surface area contributed by atoms with Gasteiger partial charge in [-0.15, -0.1) is 0 Å². The third-order valence-electron chi connectivity index (χ3n) is 4.63. The first-order valence-corrected chi connectivity index (χ1v) is 12.0. The average molecular weight is 627 g/mol. The molecular formula is C22H10Br2F6O3P. The normalized spacial score (nSPS) is 12.4. The number of benzene rings is 3. The van der Waals surface area contributed by atoms with Gasteiger partial charge >= 0.3 is 12.4 Å². The second kappa shape index (κ2) is 9.71. The van der Waals surface area contributed by atoms with Crippen LogP contribution < -0.4 is 5.30 Å². The molecule has 0 saturated carbocycles. The van der Waals surface area contributed by atoms with E-state index in [1.165, 1.54) is 30.3 Å². The fourth-order valence-electron chi connectivity index (χ4n) is 3.16. The SMILES string of the molecule is O=C(c1ccccc1[P](=O)C(=O)c1c(C(F)(F)F)cccc1C(F)(F)F)c1c(Br)cccc1Br. The fourth-order valence-corrected chi connectivity index (χ4v) is 5.80. The molecule has 0 N–H and O–H groups in total. The van der Waals surface area contributed by atoms with Gasteiger partial charge in [0.05, 0.1) is 27.6 Å². The summed E-state index contributed by atoms with van der Waals surface area (Å²) in [5.74, 6) is -0.744. The molecule has 1 radical (unpaired) electrons. The summed E-state index contributed by atoms with van der Waals surface area (Å²) in [7, 11) is -3.54. The van der Waals surface area contributed by atoms with E-state index in [0.717, 1.165) is 6.07 Å². The molecule has 0 bridgehead atoms. The Labute approximate surface area is 206 Å². The van der Waals surface area contributed by atoms with Gasteiger partial charge < -0.3 is 0 Å². The van der Waals surface area contributed by atoms with Crippen LogP contribution in [-0.4, -0.2) is 11.3 Å². The first kappa shape index (κ1) is 26.2. The maximum absolute atomic E-state index is 13.5. The molecule has 0 aromatic heterocycles. The molecule has 12 heteroatoms. The van der Waals surface area contributed by atoms with Gasteiger partial charge in [-0.1, -0.05) is 24.3 Å². The van der Waals surface area contributed by atoms with Gasteiger partial charge in [-0.25, -0.2) is 0 Å². The molecule has 0 aliphatic heterocycles. The molecule has 177 valence electrons. The minimum atomic E-state index is -5.32. The molecular weight excluding hydrogens is 617 g/mol. The lowest BCUT2D eigenvalue weighted by atomic mass is 10.0. The highest BCUT2D eigenvalue weighted by Gasteiger charge is 2.44. The van der Waals surface area contributed by atoms with Crippen LogP contribution in [0, 0.1) is 0 Å². The number of hydrogen-bond acceptors (Lipinski definition) is 3. The minimum Gasteiger partial charge on any atom is -0.288 e. The first-order chi connectivity index (χ1) is 15.7. The number of rotatable bonds is 5. The van der Waals surface area contributed by atoms with Gasteiger partial charge in [0.25, 0.3) is 0 Å². The maximum atomic E-state index is 13.5. The van der Waals surface area contributed by atoms with Crippen molar-refractivity contribution in [2.24, 2.45) is 0 Å². The van der Waals surface area contributed by atoms with E-state index >= 15 is 0 Å². The molecule has 0 aliphatic carbocycles. The van der Waals surface area contributed by atoms with E-state index in [0.29, 0.717) is 27.1 Å². The highest BCUT2D eigenvalue weighted by Crippen LogP contribution is 2.43. The molecule has 3 aromatic rings. The zero-order valence-electron chi connectivity index (χ0n) is 16.5. The van der Waals surface area contributed by atoms with Gasteiger partial charge in [-0.3, -0.25) is 14.2 Å². The van der Waals surface area contributed by atoms with Crippen LogP contribution >= 0.6 is 39.7 Å². The molecule has 0 fully saturated rings. The summed E-state index contributed by atoms with van der Waals surface area (Å²) < 4.78 is 94.7. The van der Waals surface area contributed by atoms with Gasteiger partial charge in [-0.05, 0) is 68.3 Å². The van der Waals surface area contributed by atoms with Gasteiger partial charge in [0.1, 0.15) is 0 Å². The lowest BCUT2D eigenvalue weighted by molar-refractivity contribution is -0.143. The second-order valence-electron chi connectivity index (χ2n) is 6.77. The summed E-state index contributed by atoms with van der Waals surface area (Å²) in [6.45, 7) is 0. The molecule has 0 aliphatic rings. The van der Waals surface area contributed by atoms with Crippen LogP contribution in [0.1, 0.15) is 37.4 Å². The Kier molecular flexibility index (Phi) is 7.50. The van der Waals surface area contributed by atoms with Gasteiger partial charge in [0, 0.05) is 14.5 Å². The van der Waals surface area contributed by atoms with Crippen LogP contribution in [0.3, 0.4) is 0 Å². The highest BCUT2D eigenvalue weighted by molar-refractivity contribution is 9.11. The van der Waals surface area contributed by atoms with E-state index in [9.17, 15) is 40.5 Å². The molecule has 3 nitrogen and oxygen atoms in total. The monoisotopic (exact) mass is 625 g/mol. The van der Waals surface area contributed by atoms with Crippen LogP contribution in [0.25, 0.3) is 0 Å². The van der Waals surface area contributed by atoms with E-state index in [2.05, 4.69) is 31.9 Å². The van der Waals surface area contributed by atoms with Crippen LogP contribution in [0.2, 0.25) is 0 Å². The van der Waals surface area contributed by atoms with Crippen molar-refractivity contribution < 1.29 is 40.5 Å². The van der Waals surface area contributed by atoms with Crippen LogP contribution in [0.15, 0.2) is 69.6 Å². The number of carbonyl (C=O) groups is 2. The van der Waals surface area contributed by atoms with Crippen molar-refractivity contribution in [1.29, 1.82) is 0 Å². The number of carbonyl (C=O) groups excluding carboxylic acids is 2. The zero-order valence-corrected chi connectivity index (χ0v) is 20.5. The molecule has 0 heterocycles. The first-order valence-electron chi connectivity index (χ1n) is 9.12. The smallest absolute Gasteiger partial charge is 0.288 e. The van der Waals surface area contributed by atoms with E-state index in [1.807, 2.05) is 0 Å². The minimum absolute atomic E-state index is 0.0671. The van der Waals surface area contributed by atoms with Gasteiger partial charge in [-0.2, -0.15) is 26.3 Å². The van der Waals surface area contributed by atoms with Crippen molar-refractivity contribution in [2.75, 3.05) is 0 Å².